The Labute approximate surface area is 119 Å². The number of methoxy groups -OCH3 is 1. The van der Waals surface area contributed by atoms with Crippen molar-refractivity contribution in [3.05, 3.63) is 35.9 Å². The predicted octanol–water partition coefficient (Wildman–Crippen LogP) is 3.86. The Morgan fingerprint density at radius 1 is 1.20 bits per heavy atom. The van der Waals surface area contributed by atoms with Crippen LogP contribution in [0.2, 0.25) is 0 Å². The van der Waals surface area contributed by atoms with Crippen molar-refractivity contribution in [2.45, 2.75) is 38.2 Å². The number of pyridine rings is 1. The smallest absolute Gasteiger partial charge is 0.213 e. The highest BCUT2D eigenvalue weighted by molar-refractivity contribution is 5.83. The molecule has 1 atom stereocenters. The molecule has 0 spiro atoms. The second kappa shape index (κ2) is 5.80. The van der Waals surface area contributed by atoms with E-state index < -0.39 is 6.10 Å². The van der Waals surface area contributed by atoms with Crippen molar-refractivity contribution in [2.24, 2.45) is 5.92 Å². The maximum absolute atomic E-state index is 10.8. The summed E-state index contributed by atoms with van der Waals surface area (Å²) in [5, 5.41) is 11.8. The molecule has 1 aliphatic carbocycles. The molecule has 2 aromatic rings. The van der Waals surface area contributed by atoms with Crippen LogP contribution in [-0.2, 0) is 0 Å². The summed E-state index contributed by atoms with van der Waals surface area (Å²) in [6.45, 7) is 0. The third kappa shape index (κ3) is 2.50. The van der Waals surface area contributed by atoms with E-state index in [4.69, 9.17) is 4.74 Å². The van der Waals surface area contributed by atoms with Crippen LogP contribution in [0, 0.1) is 5.92 Å². The highest BCUT2D eigenvalue weighted by atomic mass is 16.5. The summed E-state index contributed by atoms with van der Waals surface area (Å²) in [4.78, 5) is 4.45. The summed E-state index contributed by atoms with van der Waals surface area (Å²) < 4.78 is 5.28. The molecule has 0 bridgehead atoms. The lowest BCUT2D eigenvalue weighted by Gasteiger charge is -2.27. The molecule has 1 heterocycles. The van der Waals surface area contributed by atoms with Crippen LogP contribution in [0.3, 0.4) is 0 Å². The number of hydrogen-bond donors (Lipinski definition) is 1. The lowest BCUT2D eigenvalue weighted by Crippen LogP contribution is -2.16. The Morgan fingerprint density at radius 2 is 1.95 bits per heavy atom. The molecule has 1 saturated carbocycles. The molecule has 20 heavy (non-hydrogen) atoms. The zero-order chi connectivity index (χ0) is 13.9. The van der Waals surface area contributed by atoms with Crippen LogP contribution >= 0.6 is 0 Å². The van der Waals surface area contributed by atoms with Crippen molar-refractivity contribution in [2.75, 3.05) is 7.11 Å². The van der Waals surface area contributed by atoms with E-state index in [1.54, 1.807) is 7.11 Å². The topological polar surface area (TPSA) is 42.4 Å². The standard InChI is InChI=1S/C17H21NO2/c1-20-16-11-14(13-9-5-6-10-15(13)18-16)17(19)12-7-3-2-4-8-12/h5-6,9-12,17,19H,2-4,7-8H2,1H3. The minimum Gasteiger partial charge on any atom is -0.481 e. The fourth-order valence-corrected chi connectivity index (χ4v) is 3.23. The van der Waals surface area contributed by atoms with Crippen LogP contribution in [0.5, 0.6) is 5.88 Å². The van der Waals surface area contributed by atoms with Crippen LogP contribution in [0.25, 0.3) is 10.9 Å². The van der Waals surface area contributed by atoms with Crippen molar-refractivity contribution in [3.8, 4) is 5.88 Å². The van der Waals surface area contributed by atoms with E-state index in [1.165, 1.54) is 19.3 Å². The Balaban J connectivity index is 2.04. The van der Waals surface area contributed by atoms with E-state index in [0.29, 0.717) is 11.8 Å². The molecular formula is C17H21NO2. The van der Waals surface area contributed by atoms with E-state index in [9.17, 15) is 5.11 Å². The van der Waals surface area contributed by atoms with Gasteiger partial charge in [-0.2, -0.15) is 0 Å². The largest absolute Gasteiger partial charge is 0.481 e. The molecule has 1 fully saturated rings. The first-order valence-electron chi connectivity index (χ1n) is 7.41. The summed E-state index contributed by atoms with van der Waals surface area (Å²) in [5.41, 5.74) is 1.84. The van der Waals surface area contributed by atoms with Gasteiger partial charge in [-0.25, -0.2) is 4.98 Å². The molecule has 3 heteroatoms. The molecule has 1 N–H and O–H groups in total. The van der Waals surface area contributed by atoms with Gasteiger partial charge in [0.25, 0.3) is 0 Å². The molecule has 1 aliphatic rings. The lowest BCUT2D eigenvalue weighted by molar-refractivity contribution is 0.0858. The fraction of sp³-hybridized carbons (Fsp3) is 0.471. The number of ether oxygens (including phenoxy) is 1. The Kier molecular flexibility index (Phi) is 3.88. The van der Waals surface area contributed by atoms with E-state index in [-0.39, 0.29) is 0 Å². The molecule has 1 aromatic heterocycles. The third-order valence-corrected chi connectivity index (χ3v) is 4.35. The van der Waals surface area contributed by atoms with Gasteiger partial charge in [-0.15, -0.1) is 0 Å². The first-order chi connectivity index (χ1) is 9.79. The summed E-state index contributed by atoms with van der Waals surface area (Å²) in [6.07, 6.45) is 5.55. The summed E-state index contributed by atoms with van der Waals surface area (Å²) in [6, 6.07) is 9.85. The van der Waals surface area contributed by atoms with Crippen molar-refractivity contribution in [1.29, 1.82) is 0 Å². The molecule has 0 saturated heterocycles. The Bertz CT molecular complexity index is 591. The van der Waals surface area contributed by atoms with Gasteiger partial charge < -0.3 is 9.84 Å². The quantitative estimate of drug-likeness (QED) is 0.921. The summed E-state index contributed by atoms with van der Waals surface area (Å²) >= 11 is 0. The number of aliphatic hydroxyl groups excluding tert-OH is 1. The van der Waals surface area contributed by atoms with Gasteiger partial charge in [-0.1, -0.05) is 37.5 Å². The van der Waals surface area contributed by atoms with Gasteiger partial charge in [0.05, 0.1) is 18.7 Å². The number of nitrogens with zero attached hydrogens (tertiary/aromatic N) is 1. The van der Waals surface area contributed by atoms with Crippen LogP contribution in [0.1, 0.15) is 43.8 Å². The van der Waals surface area contributed by atoms with E-state index >= 15 is 0 Å². The molecule has 0 amide bonds. The number of aromatic nitrogens is 1. The average Bonchev–Trinajstić information content (AvgIpc) is 2.54. The molecule has 1 unspecified atom stereocenters. The Hall–Kier alpha value is -1.61. The lowest BCUT2D eigenvalue weighted by atomic mass is 9.82. The average molecular weight is 271 g/mol. The van der Waals surface area contributed by atoms with Gasteiger partial charge in [0.1, 0.15) is 0 Å². The summed E-state index contributed by atoms with van der Waals surface area (Å²) in [7, 11) is 1.62. The van der Waals surface area contributed by atoms with Crippen molar-refractivity contribution >= 4 is 10.9 Å². The van der Waals surface area contributed by atoms with E-state index in [2.05, 4.69) is 4.98 Å². The van der Waals surface area contributed by atoms with Gasteiger partial charge in [-0.05, 0) is 30.4 Å². The second-order valence-electron chi connectivity index (χ2n) is 5.61. The molecule has 1 aromatic carbocycles. The van der Waals surface area contributed by atoms with Crippen molar-refractivity contribution in [3.63, 3.8) is 0 Å². The van der Waals surface area contributed by atoms with Crippen molar-refractivity contribution < 1.29 is 9.84 Å². The van der Waals surface area contributed by atoms with Gasteiger partial charge in [0, 0.05) is 11.5 Å². The van der Waals surface area contributed by atoms with E-state index in [1.807, 2.05) is 30.3 Å². The van der Waals surface area contributed by atoms with Gasteiger partial charge in [0.2, 0.25) is 5.88 Å². The molecule has 3 nitrogen and oxygen atoms in total. The number of fused-ring (bicyclic) bond motifs is 1. The zero-order valence-electron chi connectivity index (χ0n) is 11.9. The molecule has 106 valence electrons. The SMILES string of the molecule is COc1cc(C(O)C2CCCCC2)c2ccccc2n1. The molecular weight excluding hydrogens is 250 g/mol. The van der Waals surface area contributed by atoms with Gasteiger partial charge in [0.15, 0.2) is 0 Å². The number of rotatable bonds is 3. The van der Waals surface area contributed by atoms with Gasteiger partial charge in [-0.3, -0.25) is 0 Å². The third-order valence-electron chi connectivity index (χ3n) is 4.35. The zero-order valence-corrected chi connectivity index (χ0v) is 11.9. The first-order valence-corrected chi connectivity index (χ1v) is 7.41. The number of hydrogen-bond acceptors (Lipinski definition) is 3. The first kappa shape index (κ1) is 13.4. The van der Waals surface area contributed by atoms with Crippen molar-refractivity contribution in [1.82, 2.24) is 4.98 Å². The predicted molar refractivity (Wildman–Crippen MR) is 79.8 cm³/mol. The second-order valence-corrected chi connectivity index (χ2v) is 5.61. The van der Waals surface area contributed by atoms with Crippen LogP contribution in [0.15, 0.2) is 30.3 Å². The monoisotopic (exact) mass is 271 g/mol. The molecule has 0 aliphatic heterocycles. The molecule has 0 radical (unpaired) electrons. The van der Waals surface area contributed by atoms with Crippen LogP contribution < -0.4 is 4.74 Å². The van der Waals surface area contributed by atoms with Crippen LogP contribution in [-0.4, -0.2) is 17.2 Å². The maximum Gasteiger partial charge on any atom is 0.213 e. The highest BCUT2D eigenvalue weighted by Crippen LogP contribution is 2.37. The minimum atomic E-state index is -0.419. The van der Waals surface area contributed by atoms with Gasteiger partial charge >= 0.3 is 0 Å². The van der Waals surface area contributed by atoms with E-state index in [0.717, 1.165) is 29.3 Å². The normalized spacial score (nSPS) is 18.1. The maximum atomic E-state index is 10.8. The fourth-order valence-electron chi connectivity index (χ4n) is 3.23. The Morgan fingerprint density at radius 3 is 2.70 bits per heavy atom. The highest BCUT2D eigenvalue weighted by Gasteiger charge is 2.25. The molecule has 3 rings (SSSR count). The number of para-hydroxylation sites is 1. The minimum absolute atomic E-state index is 0.360. The number of aliphatic hydroxyl groups is 1. The number of benzene rings is 1. The summed E-state index contributed by atoms with van der Waals surface area (Å²) in [5.74, 6) is 0.938. The van der Waals surface area contributed by atoms with Crippen LogP contribution in [0.4, 0.5) is 0 Å².